The van der Waals surface area contributed by atoms with E-state index in [0.717, 1.165) is 6.42 Å². The van der Waals surface area contributed by atoms with E-state index in [0.29, 0.717) is 38.8 Å². The Morgan fingerprint density at radius 3 is 2.62 bits per heavy atom. The monoisotopic (exact) mass is 480 g/mol. The molecule has 2 aliphatic carbocycles. The van der Waals surface area contributed by atoms with Crippen molar-refractivity contribution in [1.29, 1.82) is 0 Å². The van der Waals surface area contributed by atoms with Gasteiger partial charge in [0.2, 0.25) is 5.91 Å². The van der Waals surface area contributed by atoms with Gasteiger partial charge in [-0.3, -0.25) is 14.4 Å². The lowest BCUT2D eigenvalue weighted by atomic mass is 9.88. The first kappa shape index (κ1) is 21.9. The second-order valence-electron chi connectivity index (χ2n) is 8.47. The van der Waals surface area contributed by atoms with Crippen molar-refractivity contribution in [3.05, 3.63) is 53.2 Å². The van der Waals surface area contributed by atoms with E-state index >= 15 is 0 Å². The smallest absolute Gasteiger partial charge is 0.322 e. The summed E-state index contributed by atoms with van der Waals surface area (Å²) in [5.74, 6) is -1.44. The lowest BCUT2D eigenvalue weighted by Gasteiger charge is -2.28. The summed E-state index contributed by atoms with van der Waals surface area (Å²) in [5, 5.41) is 14.8. The molecule has 11 heteroatoms. The van der Waals surface area contributed by atoms with Crippen molar-refractivity contribution >= 4 is 46.2 Å². The molecule has 2 aliphatic rings. The summed E-state index contributed by atoms with van der Waals surface area (Å²) in [7, 11) is 0. The Hall–Kier alpha value is -3.92. The lowest BCUT2D eigenvalue weighted by molar-refractivity contribution is -0.135. The molecule has 1 saturated carbocycles. The van der Waals surface area contributed by atoms with Crippen LogP contribution in [-0.4, -0.2) is 50.4 Å². The number of aliphatic carboxylic acids is 1. The maximum absolute atomic E-state index is 12.1. The number of nitrogens with zero attached hydrogens (tertiary/aromatic N) is 2. The number of hydrogen-bond donors (Lipinski definition) is 5. The van der Waals surface area contributed by atoms with Crippen molar-refractivity contribution in [2.24, 2.45) is 23.5 Å². The van der Waals surface area contributed by atoms with Gasteiger partial charge >= 0.3 is 5.97 Å². The van der Waals surface area contributed by atoms with Crippen molar-refractivity contribution < 1.29 is 19.5 Å². The van der Waals surface area contributed by atoms with Gasteiger partial charge in [-0.25, -0.2) is 9.97 Å². The third-order valence-corrected chi connectivity index (χ3v) is 6.68. The fourth-order valence-corrected chi connectivity index (χ4v) is 5.02. The van der Waals surface area contributed by atoms with E-state index in [9.17, 15) is 14.4 Å². The highest BCUT2D eigenvalue weighted by atomic mass is 35.5. The average molecular weight is 481 g/mol. The first-order valence-electron chi connectivity index (χ1n) is 10.7. The summed E-state index contributed by atoms with van der Waals surface area (Å²) in [6.07, 6.45) is 6.55. The summed E-state index contributed by atoms with van der Waals surface area (Å²) >= 11 is 6.48. The number of hydrogen-bond acceptors (Lipinski definition) is 6. The van der Waals surface area contributed by atoms with E-state index in [1.54, 1.807) is 24.3 Å². The van der Waals surface area contributed by atoms with Crippen LogP contribution in [0.2, 0.25) is 5.02 Å². The molecule has 34 heavy (non-hydrogen) atoms. The number of carbonyl (C=O) groups is 3. The molecule has 4 atom stereocenters. The van der Waals surface area contributed by atoms with Gasteiger partial charge in [0.15, 0.2) is 5.65 Å². The number of primary amides is 1. The Bertz CT molecular complexity index is 1340. The number of allylic oxidation sites excluding steroid dienone is 1. The molecule has 1 aromatic carbocycles. The van der Waals surface area contributed by atoms with Crippen LogP contribution >= 0.6 is 11.6 Å². The molecule has 2 aromatic heterocycles. The quantitative estimate of drug-likeness (QED) is 0.323. The largest absolute Gasteiger partial charge is 0.480 e. The fraction of sp³-hybridized carbons (Fsp3) is 0.261. The van der Waals surface area contributed by atoms with Gasteiger partial charge in [-0.1, -0.05) is 35.9 Å². The van der Waals surface area contributed by atoms with Gasteiger partial charge in [-0.2, -0.15) is 0 Å². The van der Waals surface area contributed by atoms with Gasteiger partial charge in [-0.05, 0) is 30.4 Å². The number of nitrogens with two attached hydrogens (primary N) is 1. The highest BCUT2D eigenvalue weighted by Gasteiger charge is 2.47. The number of fused-ring (bicyclic) bond motifs is 3. The first-order chi connectivity index (χ1) is 16.3. The number of amides is 2. The second-order valence-corrected chi connectivity index (χ2v) is 8.87. The number of benzene rings is 1. The number of anilines is 1. The number of nitrogens with one attached hydrogen (secondary N) is 3. The van der Waals surface area contributed by atoms with E-state index < -0.39 is 18.4 Å². The van der Waals surface area contributed by atoms with Gasteiger partial charge in [-0.15, -0.1) is 0 Å². The van der Waals surface area contributed by atoms with Crippen LogP contribution in [-0.2, 0) is 9.59 Å². The molecular weight excluding hydrogens is 460 g/mol. The number of carboxylic acid groups (broad SMARTS) is 1. The zero-order chi connectivity index (χ0) is 24.0. The van der Waals surface area contributed by atoms with E-state index in [2.05, 4.69) is 37.7 Å². The Kier molecular flexibility index (Phi) is 5.45. The van der Waals surface area contributed by atoms with E-state index in [1.165, 1.54) is 6.20 Å². The normalized spacial score (nSPS) is 22.7. The van der Waals surface area contributed by atoms with Gasteiger partial charge in [0.1, 0.15) is 17.9 Å². The molecule has 0 spiro atoms. The van der Waals surface area contributed by atoms with Crippen LogP contribution in [0, 0.1) is 17.8 Å². The van der Waals surface area contributed by atoms with Crippen LogP contribution in [0.4, 0.5) is 5.69 Å². The molecule has 174 valence electrons. The van der Waals surface area contributed by atoms with Crippen molar-refractivity contribution in [1.82, 2.24) is 20.3 Å². The second kappa shape index (κ2) is 8.45. The molecule has 0 aliphatic heterocycles. The van der Waals surface area contributed by atoms with E-state index in [1.807, 2.05) is 0 Å². The van der Waals surface area contributed by atoms with E-state index in [-0.39, 0.29) is 29.7 Å². The molecule has 2 amide bonds. The third-order valence-electron chi connectivity index (χ3n) is 6.39. The average Bonchev–Trinajstić information content (AvgIpc) is 3.54. The molecule has 5 rings (SSSR count). The number of H-pyrrole nitrogens is 1. The Balaban J connectivity index is 1.43. The van der Waals surface area contributed by atoms with Crippen LogP contribution in [0.3, 0.4) is 0 Å². The van der Waals surface area contributed by atoms with Crippen LogP contribution in [0.25, 0.3) is 22.6 Å². The summed E-state index contributed by atoms with van der Waals surface area (Å²) < 4.78 is 0. The Morgan fingerprint density at radius 1 is 1.18 bits per heavy atom. The third kappa shape index (κ3) is 3.86. The molecule has 2 bridgehead atoms. The molecule has 1 fully saturated rings. The highest BCUT2D eigenvalue weighted by Crippen LogP contribution is 2.46. The zero-order valence-electron chi connectivity index (χ0n) is 17.8. The Morgan fingerprint density at radius 2 is 1.91 bits per heavy atom. The minimum atomic E-state index is -1.12. The molecule has 0 saturated heterocycles. The number of pyridine rings is 1. The minimum absolute atomic E-state index is 0.125. The molecule has 0 unspecified atom stereocenters. The number of aromatic amines is 1. The van der Waals surface area contributed by atoms with Crippen LogP contribution in [0.15, 0.2) is 42.6 Å². The number of carboxylic acids is 1. The maximum Gasteiger partial charge on any atom is 0.322 e. The zero-order valence-corrected chi connectivity index (χ0v) is 18.5. The minimum Gasteiger partial charge on any atom is -0.480 e. The van der Waals surface area contributed by atoms with Crippen LogP contribution < -0.4 is 16.4 Å². The van der Waals surface area contributed by atoms with Crippen molar-refractivity contribution in [2.75, 3.05) is 11.9 Å². The molecule has 0 radical (unpaired) electrons. The fourth-order valence-electron chi connectivity index (χ4n) is 4.82. The maximum atomic E-state index is 12.1. The predicted molar refractivity (Wildman–Crippen MR) is 125 cm³/mol. The first-order valence-corrected chi connectivity index (χ1v) is 11.1. The number of halogens is 1. The van der Waals surface area contributed by atoms with Crippen LogP contribution in [0.5, 0.6) is 0 Å². The summed E-state index contributed by atoms with van der Waals surface area (Å²) in [6.45, 7) is -0.457. The van der Waals surface area contributed by atoms with Gasteiger partial charge in [0.05, 0.1) is 22.8 Å². The SMILES string of the molecule is NC(=O)[C@@H]1[C@H](Nc2c(Cl)cnc3nc(-c4ccc(C(=O)NCC(=O)O)cc4)[nH]c23)[C@H]2C=C[C@@H]1C2. The highest BCUT2D eigenvalue weighted by molar-refractivity contribution is 6.34. The number of aromatic nitrogens is 3. The summed E-state index contributed by atoms with van der Waals surface area (Å²) in [5.41, 5.74) is 8.36. The molecule has 6 N–H and O–H groups in total. The van der Waals surface area contributed by atoms with Gasteiger partial charge in [0, 0.05) is 17.2 Å². The summed E-state index contributed by atoms with van der Waals surface area (Å²) in [6, 6.07) is 6.39. The topological polar surface area (TPSA) is 163 Å². The van der Waals surface area contributed by atoms with Crippen molar-refractivity contribution in [3.8, 4) is 11.4 Å². The number of rotatable bonds is 7. The van der Waals surface area contributed by atoms with Crippen LogP contribution in [0.1, 0.15) is 16.8 Å². The van der Waals surface area contributed by atoms with Gasteiger partial charge < -0.3 is 26.5 Å². The number of carbonyl (C=O) groups excluding carboxylic acids is 2. The van der Waals surface area contributed by atoms with E-state index in [4.69, 9.17) is 22.4 Å². The molecule has 2 heterocycles. The Labute approximate surface area is 198 Å². The predicted octanol–water partition coefficient (Wildman–Crippen LogP) is 2.18. The van der Waals surface area contributed by atoms with Gasteiger partial charge in [0.25, 0.3) is 5.91 Å². The van der Waals surface area contributed by atoms with Crippen molar-refractivity contribution in [2.45, 2.75) is 12.5 Å². The lowest BCUT2D eigenvalue weighted by Crippen LogP contribution is -2.41. The molecule has 3 aromatic rings. The standard InChI is InChI=1S/C23H21ClN6O4/c24-14-8-26-22-19(18(14)28-17-13-6-5-12(7-13)16(17)20(25)33)29-21(30-22)10-1-3-11(4-2-10)23(34)27-9-15(31)32/h1-6,8,12-13,16-17H,7,9H2,(H2,25,33)(H,27,34)(H,31,32)(H2,26,28,29,30)/t12-,13+,16+,17-/m1/s1. The molecular formula is C23H21ClN6O4. The number of imidazole rings is 1. The van der Waals surface area contributed by atoms with Crippen molar-refractivity contribution in [3.63, 3.8) is 0 Å². The molecule has 10 nitrogen and oxygen atoms in total. The summed E-state index contributed by atoms with van der Waals surface area (Å²) in [4.78, 5) is 46.9.